The molecule has 2 aliphatic heterocycles. The lowest BCUT2D eigenvalue weighted by molar-refractivity contribution is 0.0781. The first-order chi connectivity index (χ1) is 9.45. The van der Waals surface area contributed by atoms with Gasteiger partial charge in [0.1, 0.15) is 0 Å². The minimum atomic E-state index is -3.71. The first-order valence-corrected chi connectivity index (χ1v) is 8.12. The number of benzene rings is 1. The van der Waals surface area contributed by atoms with E-state index in [4.69, 9.17) is 5.14 Å². The third-order valence-electron chi connectivity index (χ3n) is 4.11. The summed E-state index contributed by atoms with van der Waals surface area (Å²) in [5.74, 6) is 1.05. The summed E-state index contributed by atoms with van der Waals surface area (Å²) in [6, 6.07) is 5.80. The van der Waals surface area contributed by atoms with E-state index < -0.39 is 10.0 Å². The van der Waals surface area contributed by atoms with E-state index in [0.717, 1.165) is 26.2 Å². The van der Waals surface area contributed by atoms with Crippen LogP contribution in [-0.2, 0) is 10.0 Å². The molecule has 0 radical (unpaired) electrons. The first kappa shape index (κ1) is 16.2. The molecule has 21 heavy (non-hydrogen) atoms. The Balaban J connectivity index is 0.00000161. The van der Waals surface area contributed by atoms with Gasteiger partial charge in [0.05, 0.1) is 4.90 Å². The third kappa shape index (κ3) is 3.21. The van der Waals surface area contributed by atoms with E-state index in [1.807, 2.05) is 4.90 Å². The summed E-state index contributed by atoms with van der Waals surface area (Å²) in [5.41, 5.74) is 0.505. The van der Waals surface area contributed by atoms with Crippen LogP contribution in [0.15, 0.2) is 29.2 Å². The third-order valence-corrected chi connectivity index (χ3v) is 5.04. The maximum Gasteiger partial charge on any atom is 0.253 e. The largest absolute Gasteiger partial charge is 0.338 e. The number of nitrogens with zero attached hydrogens (tertiary/aromatic N) is 1. The SMILES string of the molecule is Cl.NS(=O)(=O)c1ccc(C(=O)N2C[C@H]3CNC[C@@H]3C2)cc1. The molecule has 0 spiro atoms. The number of fused-ring (bicyclic) bond motifs is 1. The number of primary sulfonamides is 1. The zero-order chi connectivity index (χ0) is 14.3. The Morgan fingerprint density at radius 1 is 1.14 bits per heavy atom. The number of amides is 1. The summed E-state index contributed by atoms with van der Waals surface area (Å²) in [4.78, 5) is 14.2. The number of likely N-dealkylation sites (tertiary alicyclic amines) is 1. The van der Waals surface area contributed by atoms with E-state index in [-0.39, 0.29) is 23.2 Å². The molecule has 1 amide bonds. The van der Waals surface area contributed by atoms with Gasteiger partial charge in [0.15, 0.2) is 0 Å². The van der Waals surface area contributed by atoms with E-state index in [2.05, 4.69) is 5.32 Å². The molecule has 116 valence electrons. The fourth-order valence-electron chi connectivity index (χ4n) is 2.99. The van der Waals surface area contributed by atoms with Gasteiger partial charge in [-0.05, 0) is 36.1 Å². The maximum atomic E-state index is 12.4. The highest BCUT2D eigenvalue weighted by molar-refractivity contribution is 7.89. The van der Waals surface area contributed by atoms with Crippen molar-refractivity contribution in [3.05, 3.63) is 29.8 Å². The Hall–Kier alpha value is -1.15. The summed E-state index contributed by atoms with van der Waals surface area (Å²) in [6.07, 6.45) is 0. The fourth-order valence-corrected chi connectivity index (χ4v) is 3.51. The molecule has 0 unspecified atom stereocenters. The number of nitrogens with one attached hydrogen (secondary N) is 1. The van der Waals surface area contributed by atoms with Crippen molar-refractivity contribution in [3.63, 3.8) is 0 Å². The van der Waals surface area contributed by atoms with Crippen LogP contribution in [-0.4, -0.2) is 45.4 Å². The number of halogens is 1. The molecule has 2 saturated heterocycles. The predicted octanol–water partition coefficient (Wildman–Crippen LogP) is 0.0472. The van der Waals surface area contributed by atoms with Gasteiger partial charge < -0.3 is 10.2 Å². The summed E-state index contributed by atoms with van der Waals surface area (Å²) >= 11 is 0. The van der Waals surface area contributed by atoms with E-state index in [9.17, 15) is 13.2 Å². The van der Waals surface area contributed by atoms with Gasteiger partial charge in [-0.15, -0.1) is 12.4 Å². The molecule has 3 N–H and O–H groups in total. The average molecular weight is 332 g/mol. The van der Waals surface area contributed by atoms with Crippen LogP contribution in [0.1, 0.15) is 10.4 Å². The zero-order valence-electron chi connectivity index (χ0n) is 11.4. The summed E-state index contributed by atoms with van der Waals surface area (Å²) in [5, 5.41) is 8.37. The molecule has 0 saturated carbocycles. The average Bonchev–Trinajstić information content (AvgIpc) is 2.97. The van der Waals surface area contributed by atoms with Crippen LogP contribution in [0.3, 0.4) is 0 Å². The molecule has 2 heterocycles. The molecule has 2 fully saturated rings. The summed E-state index contributed by atoms with van der Waals surface area (Å²) < 4.78 is 22.4. The van der Waals surface area contributed by atoms with Crippen LogP contribution in [0.25, 0.3) is 0 Å². The van der Waals surface area contributed by atoms with Crippen LogP contribution in [0.5, 0.6) is 0 Å². The highest BCUT2D eigenvalue weighted by Gasteiger charge is 2.38. The van der Waals surface area contributed by atoms with Crippen molar-refractivity contribution in [1.82, 2.24) is 10.2 Å². The Morgan fingerprint density at radius 3 is 2.14 bits per heavy atom. The van der Waals surface area contributed by atoms with Crippen LogP contribution < -0.4 is 10.5 Å². The zero-order valence-corrected chi connectivity index (χ0v) is 13.0. The van der Waals surface area contributed by atoms with E-state index in [1.165, 1.54) is 24.3 Å². The summed E-state index contributed by atoms with van der Waals surface area (Å²) in [7, 11) is -3.71. The second-order valence-corrected chi connectivity index (χ2v) is 7.02. The number of sulfonamides is 1. The first-order valence-electron chi connectivity index (χ1n) is 6.58. The second-order valence-electron chi connectivity index (χ2n) is 5.46. The van der Waals surface area contributed by atoms with Gasteiger partial charge in [0.2, 0.25) is 10.0 Å². The minimum Gasteiger partial charge on any atom is -0.338 e. The Kier molecular flexibility index (Phi) is 4.57. The quantitative estimate of drug-likeness (QED) is 0.800. The van der Waals surface area contributed by atoms with Gasteiger partial charge in [0.25, 0.3) is 5.91 Å². The van der Waals surface area contributed by atoms with Crippen molar-refractivity contribution in [2.75, 3.05) is 26.2 Å². The lowest BCUT2D eigenvalue weighted by Gasteiger charge is -2.17. The monoisotopic (exact) mass is 331 g/mol. The van der Waals surface area contributed by atoms with Crippen molar-refractivity contribution in [2.24, 2.45) is 17.0 Å². The molecular weight excluding hydrogens is 314 g/mol. The van der Waals surface area contributed by atoms with Gasteiger partial charge in [-0.25, -0.2) is 13.6 Å². The normalized spacial score (nSPS) is 24.5. The molecule has 3 rings (SSSR count). The maximum absolute atomic E-state index is 12.4. The van der Waals surface area contributed by atoms with Gasteiger partial charge in [-0.3, -0.25) is 4.79 Å². The molecule has 2 aliphatic rings. The minimum absolute atomic E-state index is 0. The molecule has 0 aromatic heterocycles. The molecule has 2 atom stereocenters. The number of carbonyl (C=O) groups is 1. The molecular formula is C13H18ClN3O3S. The van der Waals surface area contributed by atoms with E-state index in [1.54, 1.807) is 0 Å². The molecule has 1 aromatic rings. The van der Waals surface area contributed by atoms with Gasteiger partial charge in [-0.1, -0.05) is 0 Å². The number of rotatable bonds is 2. The second kappa shape index (κ2) is 5.92. The van der Waals surface area contributed by atoms with Gasteiger partial charge >= 0.3 is 0 Å². The fraction of sp³-hybridized carbons (Fsp3) is 0.462. The van der Waals surface area contributed by atoms with E-state index in [0.29, 0.717) is 17.4 Å². The van der Waals surface area contributed by atoms with E-state index >= 15 is 0 Å². The van der Waals surface area contributed by atoms with Crippen LogP contribution in [0.2, 0.25) is 0 Å². The predicted molar refractivity (Wildman–Crippen MR) is 80.8 cm³/mol. The molecule has 6 nitrogen and oxygen atoms in total. The Labute approximate surface area is 130 Å². The Bertz CT molecular complexity index is 621. The van der Waals surface area contributed by atoms with Crippen molar-refractivity contribution in [2.45, 2.75) is 4.90 Å². The summed E-state index contributed by atoms with van der Waals surface area (Å²) in [6.45, 7) is 3.48. The molecule has 0 bridgehead atoms. The topological polar surface area (TPSA) is 92.5 Å². The highest BCUT2D eigenvalue weighted by Crippen LogP contribution is 2.27. The standard InChI is InChI=1S/C13H17N3O3S.ClH/c14-20(18,19)12-3-1-9(2-4-12)13(17)16-7-10-5-15-6-11(10)8-16;/h1-4,10-11,15H,5-8H2,(H2,14,18,19);1H/t10-,11-;/m1./s1. The lowest BCUT2D eigenvalue weighted by atomic mass is 10.0. The van der Waals surface area contributed by atoms with Crippen molar-refractivity contribution < 1.29 is 13.2 Å². The van der Waals surface area contributed by atoms with Gasteiger partial charge in [-0.2, -0.15) is 0 Å². The number of carbonyl (C=O) groups excluding carboxylic acids is 1. The van der Waals surface area contributed by atoms with Crippen molar-refractivity contribution in [3.8, 4) is 0 Å². The number of hydrogen-bond donors (Lipinski definition) is 2. The van der Waals surface area contributed by atoms with Gasteiger partial charge in [0, 0.05) is 31.7 Å². The Morgan fingerprint density at radius 2 is 1.67 bits per heavy atom. The molecule has 0 aliphatic carbocycles. The molecule has 8 heteroatoms. The lowest BCUT2D eigenvalue weighted by Crippen LogP contribution is -2.31. The molecule has 1 aromatic carbocycles. The number of hydrogen-bond acceptors (Lipinski definition) is 4. The van der Waals surface area contributed by atoms with Crippen molar-refractivity contribution in [1.29, 1.82) is 0 Å². The highest BCUT2D eigenvalue weighted by atomic mass is 35.5. The van der Waals surface area contributed by atoms with Crippen molar-refractivity contribution >= 4 is 28.3 Å². The van der Waals surface area contributed by atoms with Crippen LogP contribution in [0, 0.1) is 11.8 Å². The smallest absolute Gasteiger partial charge is 0.253 e. The number of nitrogens with two attached hydrogens (primary N) is 1. The van der Waals surface area contributed by atoms with Crippen LogP contribution >= 0.6 is 12.4 Å². The van der Waals surface area contributed by atoms with Crippen LogP contribution in [0.4, 0.5) is 0 Å².